The SMILES string of the molecule is CCC(=O)Nc1ccccc1CCl. The van der Waals surface area contributed by atoms with Crippen LogP contribution in [0, 0.1) is 0 Å². The smallest absolute Gasteiger partial charge is 0.224 e. The van der Waals surface area contributed by atoms with E-state index in [-0.39, 0.29) is 5.91 Å². The van der Waals surface area contributed by atoms with Gasteiger partial charge in [0.2, 0.25) is 5.91 Å². The molecule has 0 heterocycles. The second-order valence-electron chi connectivity index (χ2n) is 2.69. The van der Waals surface area contributed by atoms with Gasteiger partial charge < -0.3 is 5.32 Å². The summed E-state index contributed by atoms with van der Waals surface area (Å²) in [6.45, 7) is 1.82. The summed E-state index contributed by atoms with van der Waals surface area (Å²) < 4.78 is 0. The summed E-state index contributed by atoms with van der Waals surface area (Å²) in [5.41, 5.74) is 1.76. The zero-order chi connectivity index (χ0) is 9.68. The van der Waals surface area contributed by atoms with Gasteiger partial charge in [-0.1, -0.05) is 25.1 Å². The largest absolute Gasteiger partial charge is 0.326 e. The Morgan fingerprint density at radius 2 is 2.15 bits per heavy atom. The Kier molecular flexibility index (Phi) is 3.77. The fraction of sp³-hybridized carbons (Fsp3) is 0.300. The highest BCUT2D eigenvalue weighted by molar-refractivity contribution is 6.17. The van der Waals surface area contributed by atoms with E-state index < -0.39 is 0 Å². The van der Waals surface area contributed by atoms with Gasteiger partial charge in [0.05, 0.1) is 0 Å². The molecule has 0 unspecified atom stereocenters. The van der Waals surface area contributed by atoms with Crippen molar-refractivity contribution in [1.82, 2.24) is 0 Å². The Balaban J connectivity index is 2.81. The average molecular weight is 198 g/mol. The second kappa shape index (κ2) is 4.87. The van der Waals surface area contributed by atoms with Gasteiger partial charge in [-0.3, -0.25) is 4.79 Å². The van der Waals surface area contributed by atoms with E-state index in [4.69, 9.17) is 11.6 Å². The Morgan fingerprint density at radius 1 is 1.46 bits per heavy atom. The summed E-state index contributed by atoms with van der Waals surface area (Å²) in [6, 6.07) is 7.53. The molecule has 1 aromatic rings. The van der Waals surface area contributed by atoms with Crippen LogP contribution in [0.2, 0.25) is 0 Å². The Bertz CT molecular complexity index is 299. The normalized spacial score (nSPS) is 9.69. The standard InChI is InChI=1S/C10H12ClNO/c1-2-10(13)12-9-6-4-3-5-8(9)7-11/h3-6H,2,7H2,1H3,(H,12,13). The summed E-state index contributed by atoms with van der Waals surface area (Å²) in [5, 5.41) is 2.79. The molecule has 1 rings (SSSR count). The summed E-state index contributed by atoms with van der Waals surface area (Å²) in [6.07, 6.45) is 0.483. The highest BCUT2D eigenvalue weighted by Gasteiger charge is 2.02. The maximum absolute atomic E-state index is 11.1. The molecule has 0 radical (unpaired) electrons. The molecule has 0 spiro atoms. The van der Waals surface area contributed by atoms with Crippen LogP contribution in [0.3, 0.4) is 0 Å². The third-order valence-electron chi connectivity index (χ3n) is 1.76. The van der Waals surface area contributed by atoms with Gasteiger partial charge in [-0.15, -0.1) is 11.6 Å². The van der Waals surface area contributed by atoms with Crippen molar-refractivity contribution >= 4 is 23.2 Å². The van der Waals surface area contributed by atoms with E-state index >= 15 is 0 Å². The lowest BCUT2D eigenvalue weighted by atomic mass is 10.2. The molecule has 70 valence electrons. The monoisotopic (exact) mass is 197 g/mol. The Hall–Kier alpha value is -1.02. The lowest BCUT2D eigenvalue weighted by Gasteiger charge is -2.07. The minimum atomic E-state index is 0.0116. The highest BCUT2D eigenvalue weighted by atomic mass is 35.5. The van der Waals surface area contributed by atoms with E-state index in [1.807, 2.05) is 31.2 Å². The van der Waals surface area contributed by atoms with Gasteiger partial charge in [0.1, 0.15) is 0 Å². The van der Waals surface area contributed by atoms with Crippen molar-refractivity contribution < 1.29 is 4.79 Å². The third-order valence-corrected chi connectivity index (χ3v) is 2.04. The number of halogens is 1. The first kappa shape index (κ1) is 10.1. The molecule has 1 N–H and O–H groups in total. The van der Waals surface area contributed by atoms with Gasteiger partial charge in [-0.2, -0.15) is 0 Å². The molecule has 0 atom stereocenters. The summed E-state index contributed by atoms with van der Waals surface area (Å²) >= 11 is 5.71. The van der Waals surface area contributed by atoms with E-state index in [1.165, 1.54) is 0 Å². The number of hydrogen-bond donors (Lipinski definition) is 1. The highest BCUT2D eigenvalue weighted by Crippen LogP contribution is 2.16. The molecular formula is C10H12ClNO. The summed E-state index contributed by atoms with van der Waals surface area (Å²) in [4.78, 5) is 11.1. The van der Waals surface area contributed by atoms with Crippen LogP contribution in [0.1, 0.15) is 18.9 Å². The minimum absolute atomic E-state index is 0.0116. The first-order chi connectivity index (χ1) is 6.27. The first-order valence-corrected chi connectivity index (χ1v) is 4.75. The van der Waals surface area contributed by atoms with Crippen LogP contribution in [0.25, 0.3) is 0 Å². The number of carbonyl (C=O) groups excluding carboxylic acids is 1. The van der Waals surface area contributed by atoms with Crippen LogP contribution in [-0.4, -0.2) is 5.91 Å². The van der Waals surface area contributed by atoms with Crippen molar-refractivity contribution in [2.75, 3.05) is 5.32 Å². The molecule has 0 bridgehead atoms. The molecule has 0 aromatic heterocycles. The van der Waals surface area contributed by atoms with Gasteiger partial charge in [-0.25, -0.2) is 0 Å². The summed E-state index contributed by atoms with van der Waals surface area (Å²) in [5.74, 6) is 0.428. The number of rotatable bonds is 3. The predicted molar refractivity (Wildman–Crippen MR) is 54.9 cm³/mol. The number of anilines is 1. The van der Waals surface area contributed by atoms with Crippen LogP contribution in [0.15, 0.2) is 24.3 Å². The van der Waals surface area contributed by atoms with Gasteiger partial charge in [0.15, 0.2) is 0 Å². The maximum Gasteiger partial charge on any atom is 0.224 e. The van der Waals surface area contributed by atoms with Crippen LogP contribution < -0.4 is 5.32 Å². The fourth-order valence-electron chi connectivity index (χ4n) is 0.997. The van der Waals surface area contributed by atoms with E-state index in [9.17, 15) is 4.79 Å². The summed E-state index contributed by atoms with van der Waals surface area (Å²) in [7, 11) is 0. The van der Waals surface area contributed by atoms with E-state index in [2.05, 4.69) is 5.32 Å². The lowest BCUT2D eigenvalue weighted by Crippen LogP contribution is -2.10. The molecular weight excluding hydrogens is 186 g/mol. The van der Waals surface area contributed by atoms with Crippen LogP contribution in [-0.2, 0) is 10.7 Å². The molecule has 0 aliphatic heterocycles. The fourth-order valence-corrected chi connectivity index (χ4v) is 1.23. The second-order valence-corrected chi connectivity index (χ2v) is 2.96. The number of amides is 1. The number of para-hydroxylation sites is 1. The van der Waals surface area contributed by atoms with Crippen molar-refractivity contribution in [1.29, 1.82) is 0 Å². The molecule has 1 aromatic carbocycles. The van der Waals surface area contributed by atoms with E-state index in [0.717, 1.165) is 11.3 Å². The predicted octanol–water partition coefficient (Wildman–Crippen LogP) is 2.77. The zero-order valence-electron chi connectivity index (χ0n) is 7.51. The average Bonchev–Trinajstić information content (AvgIpc) is 2.18. The number of alkyl halides is 1. The maximum atomic E-state index is 11.1. The molecule has 1 amide bonds. The van der Waals surface area contributed by atoms with Crippen LogP contribution in [0.5, 0.6) is 0 Å². The number of hydrogen-bond acceptors (Lipinski definition) is 1. The van der Waals surface area contributed by atoms with Gasteiger partial charge in [-0.05, 0) is 11.6 Å². The molecule has 0 fully saturated rings. The third kappa shape index (κ3) is 2.74. The van der Waals surface area contributed by atoms with Gasteiger partial charge in [0.25, 0.3) is 0 Å². The lowest BCUT2D eigenvalue weighted by molar-refractivity contribution is -0.115. The molecule has 2 nitrogen and oxygen atoms in total. The Morgan fingerprint density at radius 3 is 2.77 bits per heavy atom. The number of nitrogens with one attached hydrogen (secondary N) is 1. The van der Waals surface area contributed by atoms with Crippen molar-refractivity contribution in [3.8, 4) is 0 Å². The molecule has 3 heteroatoms. The number of carbonyl (C=O) groups is 1. The zero-order valence-corrected chi connectivity index (χ0v) is 8.27. The van der Waals surface area contributed by atoms with Gasteiger partial charge >= 0.3 is 0 Å². The van der Waals surface area contributed by atoms with Crippen molar-refractivity contribution in [2.45, 2.75) is 19.2 Å². The first-order valence-electron chi connectivity index (χ1n) is 4.21. The van der Waals surface area contributed by atoms with Crippen molar-refractivity contribution in [2.24, 2.45) is 0 Å². The van der Waals surface area contributed by atoms with Crippen LogP contribution >= 0.6 is 11.6 Å². The molecule has 0 aliphatic carbocycles. The Labute approximate surface area is 82.9 Å². The molecule has 13 heavy (non-hydrogen) atoms. The molecule has 0 aliphatic rings. The van der Waals surface area contributed by atoms with E-state index in [0.29, 0.717) is 12.3 Å². The molecule has 0 saturated heterocycles. The van der Waals surface area contributed by atoms with Crippen molar-refractivity contribution in [3.63, 3.8) is 0 Å². The topological polar surface area (TPSA) is 29.1 Å². The van der Waals surface area contributed by atoms with Gasteiger partial charge in [0, 0.05) is 18.0 Å². The minimum Gasteiger partial charge on any atom is -0.326 e. The van der Waals surface area contributed by atoms with Crippen molar-refractivity contribution in [3.05, 3.63) is 29.8 Å². The van der Waals surface area contributed by atoms with Crippen LogP contribution in [0.4, 0.5) is 5.69 Å². The van der Waals surface area contributed by atoms with E-state index in [1.54, 1.807) is 0 Å². The number of benzene rings is 1. The molecule has 0 saturated carbocycles. The quantitative estimate of drug-likeness (QED) is 0.742.